The molecule has 0 spiro atoms. The number of rotatable bonds is 9. The summed E-state index contributed by atoms with van der Waals surface area (Å²) in [5.74, 6) is 2.14. The molecule has 3 atom stereocenters. The Balaban J connectivity index is 1.18. The smallest absolute Gasteiger partial charge is 0.224 e. The average Bonchev–Trinajstić information content (AvgIpc) is 3.41. The summed E-state index contributed by atoms with van der Waals surface area (Å²) in [5, 5.41) is 6.39. The number of hydrogen-bond donors (Lipinski definition) is 2. The Bertz CT molecular complexity index is 761. The number of aromatic nitrogens is 1. The zero-order valence-corrected chi connectivity index (χ0v) is 15.6. The largest absolute Gasteiger partial charge is 0.490 e. The molecular weight excluding hydrogens is 338 g/mol. The number of pyridine rings is 1. The normalized spacial score (nSPS) is 23.3. The Hall–Kier alpha value is -2.40. The molecule has 142 valence electrons. The lowest BCUT2D eigenvalue weighted by molar-refractivity contribution is -0.120. The van der Waals surface area contributed by atoms with Gasteiger partial charge >= 0.3 is 0 Å². The van der Waals surface area contributed by atoms with E-state index in [1.807, 2.05) is 36.5 Å². The maximum atomic E-state index is 12.0. The second kappa shape index (κ2) is 8.53. The van der Waals surface area contributed by atoms with Crippen LogP contribution in [0.4, 0.5) is 0 Å². The molecule has 1 aromatic heterocycles. The fourth-order valence-electron chi connectivity index (χ4n) is 3.62. The van der Waals surface area contributed by atoms with Gasteiger partial charge in [-0.15, -0.1) is 0 Å². The molecule has 1 saturated heterocycles. The minimum Gasteiger partial charge on any atom is -0.490 e. The van der Waals surface area contributed by atoms with Crippen molar-refractivity contribution in [3.05, 3.63) is 59.9 Å². The van der Waals surface area contributed by atoms with Gasteiger partial charge < -0.3 is 15.4 Å². The van der Waals surface area contributed by atoms with E-state index >= 15 is 0 Å². The molecule has 5 nitrogen and oxygen atoms in total. The van der Waals surface area contributed by atoms with Gasteiger partial charge in [0.25, 0.3) is 0 Å². The van der Waals surface area contributed by atoms with Gasteiger partial charge in [-0.05, 0) is 54.8 Å². The first-order chi connectivity index (χ1) is 13.3. The third kappa shape index (κ3) is 5.07. The molecule has 0 bridgehead atoms. The molecular formula is C22H27N3O2. The van der Waals surface area contributed by atoms with Gasteiger partial charge in [-0.1, -0.05) is 30.3 Å². The maximum Gasteiger partial charge on any atom is 0.224 e. The van der Waals surface area contributed by atoms with Crippen molar-refractivity contribution in [2.24, 2.45) is 5.92 Å². The van der Waals surface area contributed by atoms with Crippen molar-refractivity contribution in [3.8, 4) is 5.75 Å². The molecule has 1 saturated carbocycles. The van der Waals surface area contributed by atoms with Crippen LogP contribution in [0.25, 0.3) is 0 Å². The Labute approximate surface area is 160 Å². The van der Waals surface area contributed by atoms with Gasteiger partial charge in [0.15, 0.2) is 0 Å². The maximum absolute atomic E-state index is 12.0. The number of amides is 1. The Morgan fingerprint density at radius 3 is 2.89 bits per heavy atom. The van der Waals surface area contributed by atoms with E-state index in [0.717, 1.165) is 30.8 Å². The predicted octanol–water partition coefficient (Wildman–Crippen LogP) is 2.67. The van der Waals surface area contributed by atoms with Crippen molar-refractivity contribution in [1.82, 2.24) is 15.6 Å². The van der Waals surface area contributed by atoms with E-state index in [2.05, 4.69) is 21.7 Å². The van der Waals surface area contributed by atoms with E-state index in [-0.39, 0.29) is 5.91 Å². The van der Waals surface area contributed by atoms with Gasteiger partial charge in [-0.2, -0.15) is 0 Å². The Morgan fingerprint density at radius 1 is 1.26 bits per heavy atom. The number of benzene rings is 1. The van der Waals surface area contributed by atoms with E-state index in [4.69, 9.17) is 4.74 Å². The Morgan fingerprint density at radius 2 is 2.11 bits per heavy atom. The van der Waals surface area contributed by atoms with E-state index < -0.39 is 0 Å². The molecule has 5 heteroatoms. The van der Waals surface area contributed by atoms with Crippen LogP contribution in [0.2, 0.25) is 0 Å². The van der Waals surface area contributed by atoms with Gasteiger partial charge in [0.05, 0.1) is 12.6 Å². The van der Waals surface area contributed by atoms with E-state index in [1.165, 1.54) is 18.4 Å². The molecule has 27 heavy (non-hydrogen) atoms. The lowest BCUT2D eigenvalue weighted by Gasteiger charge is -2.27. The minimum atomic E-state index is 0.0973. The summed E-state index contributed by atoms with van der Waals surface area (Å²) in [7, 11) is 0. The van der Waals surface area contributed by atoms with E-state index in [9.17, 15) is 4.79 Å². The lowest BCUT2D eigenvalue weighted by atomic mass is 10.1. The topological polar surface area (TPSA) is 63.2 Å². The van der Waals surface area contributed by atoms with E-state index in [1.54, 1.807) is 6.20 Å². The summed E-state index contributed by atoms with van der Waals surface area (Å²) in [6, 6.07) is 12.5. The fraction of sp³-hybridized carbons (Fsp3) is 0.455. The van der Waals surface area contributed by atoms with Crippen LogP contribution in [0.1, 0.15) is 36.3 Å². The van der Waals surface area contributed by atoms with Crippen LogP contribution in [0.3, 0.4) is 0 Å². The number of nitrogens with one attached hydrogen (secondary N) is 2. The standard InChI is InChI=1S/C22H27N3O2/c26-22(10-16-4-2-1-3-5-16)25-8-6-17-12-21(17)18-11-20(14-23-13-18)27-15-19-7-9-24-19/h1-5,11,13-14,17,19,21,24H,6-10,12,15H2,(H,25,26). The lowest BCUT2D eigenvalue weighted by Crippen LogP contribution is -2.46. The first-order valence-electron chi connectivity index (χ1n) is 9.89. The number of nitrogens with zero attached hydrogens (tertiary/aromatic N) is 1. The minimum absolute atomic E-state index is 0.0973. The number of carbonyl (C=O) groups is 1. The molecule has 1 aliphatic carbocycles. The quantitative estimate of drug-likeness (QED) is 0.717. The molecule has 3 unspecified atom stereocenters. The molecule has 2 aromatic rings. The van der Waals surface area contributed by atoms with Gasteiger partial charge in [-0.3, -0.25) is 9.78 Å². The predicted molar refractivity (Wildman–Crippen MR) is 105 cm³/mol. The van der Waals surface area contributed by atoms with Crippen molar-refractivity contribution in [3.63, 3.8) is 0 Å². The molecule has 1 amide bonds. The van der Waals surface area contributed by atoms with Crippen LogP contribution in [0, 0.1) is 5.92 Å². The second-order valence-electron chi connectivity index (χ2n) is 7.61. The van der Waals surface area contributed by atoms with Crippen LogP contribution in [0.15, 0.2) is 48.8 Å². The number of ether oxygens (including phenoxy) is 1. The first-order valence-corrected chi connectivity index (χ1v) is 9.89. The van der Waals surface area contributed by atoms with Crippen molar-refractivity contribution in [2.45, 2.75) is 37.6 Å². The third-order valence-electron chi connectivity index (χ3n) is 5.51. The zero-order valence-electron chi connectivity index (χ0n) is 15.6. The van der Waals surface area contributed by atoms with Crippen LogP contribution < -0.4 is 15.4 Å². The molecule has 2 heterocycles. The number of hydrogen-bond acceptors (Lipinski definition) is 4. The van der Waals surface area contributed by atoms with Gasteiger partial charge in [-0.25, -0.2) is 0 Å². The molecule has 2 aliphatic rings. The molecule has 4 rings (SSSR count). The zero-order chi connectivity index (χ0) is 18.5. The fourth-order valence-corrected chi connectivity index (χ4v) is 3.62. The average molecular weight is 365 g/mol. The van der Waals surface area contributed by atoms with Crippen molar-refractivity contribution < 1.29 is 9.53 Å². The monoisotopic (exact) mass is 365 g/mol. The highest BCUT2D eigenvalue weighted by atomic mass is 16.5. The van der Waals surface area contributed by atoms with Crippen LogP contribution in [0.5, 0.6) is 5.75 Å². The van der Waals surface area contributed by atoms with E-state index in [0.29, 0.717) is 30.9 Å². The van der Waals surface area contributed by atoms with Gasteiger partial charge in [0.1, 0.15) is 12.4 Å². The highest BCUT2D eigenvalue weighted by molar-refractivity contribution is 5.78. The summed E-state index contributed by atoms with van der Waals surface area (Å²) >= 11 is 0. The summed E-state index contributed by atoms with van der Waals surface area (Å²) in [4.78, 5) is 16.4. The summed E-state index contributed by atoms with van der Waals surface area (Å²) < 4.78 is 5.85. The summed E-state index contributed by atoms with van der Waals surface area (Å²) in [6.07, 6.45) is 7.57. The second-order valence-corrected chi connectivity index (χ2v) is 7.61. The third-order valence-corrected chi connectivity index (χ3v) is 5.51. The van der Waals surface area contributed by atoms with Crippen LogP contribution in [-0.4, -0.2) is 36.6 Å². The van der Waals surface area contributed by atoms with Crippen molar-refractivity contribution in [2.75, 3.05) is 19.7 Å². The SMILES string of the molecule is O=C(Cc1ccccc1)NCCC1CC1c1cncc(OCC2CCN2)c1. The van der Waals surface area contributed by atoms with Crippen LogP contribution in [-0.2, 0) is 11.2 Å². The molecule has 0 radical (unpaired) electrons. The Kier molecular flexibility index (Phi) is 5.68. The van der Waals surface area contributed by atoms with Crippen LogP contribution >= 0.6 is 0 Å². The molecule has 2 fully saturated rings. The van der Waals surface area contributed by atoms with Gasteiger partial charge in [0, 0.05) is 18.8 Å². The first kappa shape index (κ1) is 18.0. The molecule has 1 aliphatic heterocycles. The van der Waals surface area contributed by atoms with Crippen molar-refractivity contribution in [1.29, 1.82) is 0 Å². The summed E-state index contributed by atoms with van der Waals surface area (Å²) in [5.41, 5.74) is 2.31. The van der Waals surface area contributed by atoms with Gasteiger partial charge in [0.2, 0.25) is 5.91 Å². The van der Waals surface area contributed by atoms with Crippen molar-refractivity contribution >= 4 is 5.91 Å². The highest BCUT2D eigenvalue weighted by Gasteiger charge is 2.38. The number of carbonyl (C=O) groups excluding carboxylic acids is 1. The summed E-state index contributed by atoms with van der Waals surface area (Å²) in [6.45, 7) is 2.55. The molecule has 1 aromatic carbocycles. The molecule has 2 N–H and O–H groups in total. The highest BCUT2D eigenvalue weighted by Crippen LogP contribution is 2.49.